The number of aryl methyl sites for hydroxylation is 4. The lowest BCUT2D eigenvalue weighted by atomic mass is 10.1. The number of thiophene rings is 1. The smallest absolute Gasteiger partial charge is 0.260 e. The summed E-state index contributed by atoms with van der Waals surface area (Å²) < 4.78 is 0. The molecule has 19 heavy (non-hydrogen) atoms. The summed E-state index contributed by atoms with van der Waals surface area (Å²) in [7, 11) is 0. The van der Waals surface area contributed by atoms with E-state index < -0.39 is 0 Å². The van der Waals surface area contributed by atoms with Crippen molar-refractivity contribution in [1.82, 2.24) is 20.2 Å². The van der Waals surface area contributed by atoms with E-state index in [4.69, 9.17) is 0 Å². The molecule has 0 unspecified atom stereocenters. The Bertz CT molecular complexity index is 821. The van der Waals surface area contributed by atoms with E-state index in [2.05, 4.69) is 20.2 Å². The van der Waals surface area contributed by atoms with E-state index >= 15 is 0 Å². The molecule has 2 N–H and O–H groups in total. The van der Waals surface area contributed by atoms with Gasteiger partial charge >= 0.3 is 0 Å². The molecule has 0 aromatic carbocycles. The van der Waals surface area contributed by atoms with Gasteiger partial charge in [0.15, 0.2) is 0 Å². The van der Waals surface area contributed by atoms with Gasteiger partial charge in [-0.15, -0.1) is 11.3 Å². The van der Waals surface area contributed by atoms with Crippen molar-refractivity contribution in [2.45, 2.75) is 27.7 Å². The van der Waals surface area contributed by atoms with Gasteiger partial charge in [-0.2, -0.15) is 5.10 Å². The van der Waals surface area contributed by atoms with Crippen LogP contribution in [-0.4, -0.2) is 20.2 Å². The second kappa shape index (κ2) is 4.03. The Morgan fingerprint density at radius 2 is 1.89 bits per heavy atom. The molecule has 0 bridgehead atoms. The van der Waals surface area contributed by atoms with Gasteiger partial charge in [0, 0.05) is 10.6 Å². The predicted octanol–water partition coefficient (Wildman–Crippen LogP) is 2.61. The summed E-state index contributed by atoms with van der Waals surface area (Å²) in [6, 6.07) is 0. The highest BCUT2D eigenvalue weighted by atomic mass is 32.1. The summed E-state index contributed by atoms with van der Waals surface area (Å²) in [6.45, 7) is 7.78. The van der Waals surface area contributed by atoms with E-state index in [1.165, 1.54) is 0 Å². The van der Waals surface area contributed by atoms with Gasteiger partial charge in [0.2, 0.25) is 0 Å². The molecule has 3 heterocycles. The fourth-order valence-electron chi connectivity index (χ4n) is 2.27. The zero-order chi connectivity index (χ0) is 13.7. The van der Waals surface area contributed by atoms with Crippen molar-refractivity contribution >= 4 is 21.6 Å². The molecule has 5 nitrogen and oxygen atoms in total. The van der Waals surface area contributed by atoms with Crippen LogP contribution in [-0.2, 0) is 0 Å². The van der Waals surface area contributed by atoms with Crippen molar-refractivity contribution in [2.24, 2.45) is 0 Å². The molecule has 0 aliphatic heterocycles. The summed E-state index contributed by atoms with van der Waals surface area (Å²) in [5.41, 5.74) is 3.56. The van der Waals surface area contributed by atoms with Crippen LogP contribution >= 0.6 is 11.3 Å². The first-order valence-electron chi connectivity index (χ1n) is 6.01. The maximum absolute atomic E-state index is 12.2. The van der Waals surface area contributed by atoms with Crippen LogP contribution in [0.25, 0.3) is 21.6 Å². The summed E-state index contributed by atoms with van der Waals surface area (Å²) in [6.07, 6.45) is 0. The Kier molecular flexibility index (Phi) is 2.56. The number of aromatic amines is 2. The molecule has 0 fully saturated rings. The quantitative estimate of drug-likeness (QED) is 0.716. The number of rotatable bonds is 1. The first-order valence-corrected chi connectivity index (χ1v) is 6.82. The minimum atomic E-state index is -0.0816. The Balaban J connectivity index is 2.37. The highest BCUT2D eigenvalue weighted by Gasteiger charge is 2.16. The largest absolute Gasteiger partial charge is 0.306 e. The van der Waals surface area contributed by atoms with E-state index in [9.17, 15) is 4.79 Å². The standard InChI is InChI=1S/C13H14N4OS/c1-5-8(4)19-13-9(5)12(18)14-11(15-13)10-6(2)16-17-7(10)3/h1-4H3,(H,16,17)(H,14,15,18). The lowest BCUT2D eigenvalue weighted by molar-refractivity contribution is 1.02. The first kappa shape index (κ1) is 12.1. The second-order valence-corrected chi connectivity index (χ2v) is 5.89. The van der Waals surface area contributed by atoms with Crippen molar-refractivity contribution in [3.05, 3.63) is 32.2 Å². The maximum Gasteiger partial charge on any atom is 0.260 e. The molecule has 0 amide bonds. The number of aromatic nitrogens is 4. The third-order valence-electron chi connectivity index (χ3n) is 3.40. The summed E-state index contributed by atoms with van der Waals surface area (Å²) in [4.78, 5) is 21.6. The molecular weight excluding hydrogens is 260 g/mol. The minimum absolute atomic E-state index is 0.0816. The van der Waals surface area contributed by atoms with Crippen molar-refractivity contribution in [2.75, 3.05) is 0 Å². The molecular formula is C13H14N4OS. The summed E-state index contributed by atoms with van der Waals surface area (Å²) in [5, 5.41) is 7.75. The normalized spacial score (nSPS) is 11.4. The van der Waals surface area contributed by atoms with Crippen molar-refractivity contribution in [1.29, 1.82) is 0 Å². The Morgan fingerprint density at radius 1 is 1.16 bits per heavy atom. The van der Waals surface area contributed by atoms with Gasteiger partial charge in [0.05, 0.1) is 16.6 Å². The van der Waals surface area contributed by atoms with Gasteiger partial charge in [0.1, 0.15) is 10.7 Å². The highest BCUT2D eigenvalue weighted by molar-refractivity contribution is 7.18. The third kappa shape index (κ3) is 1.71. The van der Waals surface area contributed by atoms with Crippen molar-refractivity contribution in [3.8, 4) is 11.4 Å². The fourth-order valence-corrected chi connectivity index (χ4v) is 3.30. The topological polar surface area (TPSA) is 74.4 Å². The molecule has 0 spiro atoms. The van der Waals surface area contributed by atoms with Gasteiger partial charge in [-0.1, -0.05) is 0 Å². The van der Waals surface area contributed by atoms with Gasteiger partial charge < -0.3 is 4.98 Å². The van der Waals surface area contributed by atoms with Crippen molar-refractivity contribution < 1.29 is 0 Å². The molecule has 98 valence electrons. The third-order valence-corrected chi connectivity index (χ3v) is 4.51. The average Bonchev–Trinajstić information content (AvgIpc) is 2.81. The van der Waals surface area contributed by atoms with Gasteiger partial charge in [-0.05, 0) is 33.3 Å². The molecule has 3 aromatic heterocycles. The Morgan fingerprint density at radius 3 is 2.53 bits per heavy atom. The van der Waals surface area contributed by atoms with E-state index in [0.717, 1.165) is 32.2 Å². The molecule has 3 aromatic rings. The second-order valence-electron chi connectivity index (χ2n) is 4.69. The van der Waals surface area contributed by atoms with Crippen LogP contribution in [0.1, 0.15) is 21.8 Å². The van der Waals surface area contributed by atoms with Gasteiger partial charge in [-0.3, -0.25) is 9.89 Å². The summed E-state index contributed by atoms with van der Waals surface area (Å²) in [5.74, 6) is 0.586. The van der Waals surface area contributed by atoms with Crippen LogP contribution in [0, 0.1) is 27.7 Å². The number of hydrogen-bond donors (Lipinski definition) is 2. The van der Waals surface area contributed by atoms with Gasteiger partial charge in [0.25, 0.3) is 5.56 Å². The first-order chi connectivity index (χ1) is 8.99. The van der Waals surface area contributed by atoms with Crippen LogP contribution < -0.4 is 5.56 Å². The van der Waals surface area contributed by atoms with Crippen LogP contribution in [0.2, 0.25) is 0 Å². The molecule has 0 radical (unpaired) electrons. The highest BCUT2D eigenvalue weighted by Crippen LogP contribution is 2.28. The van der Waals surface area contributed by atoms with Crippen LogP contribution in [0.3, 0.4) is 0 Å². The minimum Gasteiger partial charge on any atom is -0.306 e. The number of H-pyrrole nitrogens is 2. The number of hydrogen-bond acceptors (Lipinski definition) is 4. The van der Waals surface area contributed by atoms with E-state index in [-0.39, 0.29) is 5.56 Å². The SMILES string of the molecule is Cc1n[nH]c(C)c1-c1nc2sc(C)c(C)c2c(=O)[nH]1. The fraction of sp³-hybridized carbons (Fsp3) is 0.308. The molecule has 0 saturated heterocycles. The molecule has 0 aliphatic carbocycles. The van der Waals surface area contributed by atoms with E-state index in [1.54, 1.807) is 11.3 Å². The lowest BCUT2D eigenvalue weighted by Crippen LogP contribution is -2.09. The predicted molar refractivity (Wildman–Crippen MR) is 76.8 cm³/mol. The number of nitrogens with one attached hydrogen (secondary N) is 2. The van der Waals surface area contributed by atoms with E-state index in [0.29, 0.717) is 11.2 Å². The molecule has 6 heteroatoms. The van der Waals surface area contributed by atoms with Crippen LogP contribution in [0.15, 0.2) is 4.79 Å². The van der Waals surface area contributed by atoms with Crippen LogP contribution in [0.4, 0.5) is 0 Å². The zero-order valence-corrected chi connectivity index (χ0v) is 12.0. The van der Waals surface area contributed by atoms with Gasteiger partial charge in [-0.25, -0.2) is 4.98 Å². The maximum atomic E-state index is 12.2. The average molecular weight is 274 g/mol. The monoisotopic (exact) mass is 274 g/mol. The van der Waals surface area contributed by atoms with Crippen molar-refractivity contribution in [3.63, 3.8) is 0 Å². The van der Waals surface area contributed by atoms with E-state index in [1.807, 2.05) is 27.7 Å². The molecule has 0 saturated carbocycles. The number of nitrogens with zero attached hydrogens (tertiary/aromatic N) is 2. The summed E-state index contributed by atoms with van der Waals surface area (Å²) >= 11 is 1.55. The number of fused-ring (bicyclic) bond motifs is 1. The lowest BCUT2D eigenvalue weighted by Gasteiger charge is -2.01. The molecule has 0 aliphatic rings. The van der Waals surface area contributed by atoms with Crippen LogP contribution in [0.5, 0.6) is 0 Å². The Labute approximate surface area is 113 Å². The molecule has 0 atom stereocenters. The molecule has 3 rings (SSSR count). The zero-order valence-electron chi connectivity index (χ0n) is 11.2. The Hall–Kier alpha value is -1.95.